The van der Waals surface area contributed by atoms with Crippen LogP contribution < -0.4 is 15.8 Å². The van der Waals surface area contributed by atoms with Gasteiger partial charge in [0.1, 0.15) is 20.5 Å². The van der Waals surface area contributed by atoms with E-state index in [1.165, 1.54) is 0 Å². The van der Waals surface area contributed by atoms with Crippen LogP contribution in [0.3, 0.4) is 0 Å². The summed E-state index contributed by atoms with van der Waals surface area (Å²) in [4.78, 5) is 13.0. The maximum atomic E-state index is 12.8. The molecule has 8 heteroatoms. The summed E-state index contributed by atoms with van der Waals surface area (Å²) in [6.07, 6.45) is 1.07. The maximum absolute atomic E-state index is 12.8. The number of ketones is 1. The first-order valence-electron chi connectivity index (χ1n) is 8.53. The number of thiophene rings is 1. The normalized spacial score (nSPS) is 11.2. The number of carbonyl (C=O) groups is 1. The number of carbonyl (C=O) groups excluding carboxylic acids is 1. The van der Waals surface area contributed by atoms with Crippen LogP contribution in [0.25, 0.3) is 0 Å². The van der Waals surface area contributed by atoms with E-state index in [2.05, 4.69) is 5.32 Å². The Morgan fingerprint density at radius 3 is 2.32 bits per heavy atom. The van der Waals surface area contributed by atoms with Gasteiger partial charge in [0.15, 0.2) is 9.84 Å². The molecule has 6 nitrogen and oxygen atoms in total. The summed E-state index contributed by atoms with van der Waals surface area (Å²) < 4.78 is 30.1. The van der Waals surface area contributed by atoms with Crippen molar-refractivity contribution in [1.82, 2.24) is 0 Å². The molecule has 0 atom stereocenters. The summed E-state index contributed by atoms with van der Waals surface area (Å²) in [5.41, 5.74) is 7.17. The molecule has 2 aromatic carbocycles. The molecule has 0 spiro atoms. The second-order valence-corrected chi connectivity index (χ2v) is 9.03. The fourth-order valence-electron chi connectivity index (χ4n) is 2.70. The Labute approximate surface area is 167 Å². The van der Waals surface area contributed by atoms with Gasteiger partial charge in [-0.1, -0.05) is 30.3 Å². The number of rotatable bonds is 7. The van der Waals surface area contributed by atoms with Crippen LogP contribution in [0.15, 0.2) is 59.5 Å². The molecule has 3 N–H and O–H groups in total. The molecule has 0 amide bonds. The summed E-state index contributed by atoms with van der Waals surface area (Å²) >= 11 is 1.03. The van der Waals surface area contributed by atoms with Gasteiger partial charge in [-0.15, -0.1) is 11.3 Å². The van der Waals surface area contributed by atoms with E-state index in [-0.39, 0.29) is 21.2 Å². The van der Waals surface area contributed by atoms with Gasteiger partial charge in [0.05, 0.1) is 12.3 Å². The Morgan fingerprint density at radius 2 is 1.75 bits per heavy atom. The third-order valence-corrected chi connectivity index (χ3v) is 6.35. The predicted molar refractivity (Wildman–Crippen MR) is 113 cm³/mol. The summed E-state index contributed by atoms with van der Waals surface area (Å²) in [6.45, 7) is 2.45. The number of sulfone groups is 1. The molecule has 146 valence electrons. The number of hydrogen-bond acceptors (Lipinski definition) is 7. The van der Waals surface area contributed by atoms with Gasteiger partial charge < -0.3 is 15.8 Å². The van der Waals surface area contributed by atoms with E-state index >= 15 is 0 Å². The smallest absolute Gasteiger partial charge is 0.205 e. The zero-order chi connectivity index (χ0) is 20.3. The van der Waals surface area contributed by atoms with Crippen LogP contribution in [0.5, 0.6) is 5.75 Å². The molecule has 0 fully saturated rings. The van der Waals surface area contributed by atoms with Gasteiger partial charge in [-0.3, -0.25) is 4.79 Å². The zero-order valence-corrected chi connectivity index (χ0v) is 17.1. The first-order chi connectivity index (χ1) is 13.3. The van der Waals surface area contributed by atoms with Gasteiger partial charge in [-0.2, -0.15) is 0 Å². The number of nitrogens with one attached hydrogen (secondary N) is 1. The Kier molecular flexibility index (Phi) is 5.71. The molecule has 3 rings (SSSR count). The van der Waals surface area contributed by atoms with E-state index < -0.39 is 9.84 Å². The van der Waals surface area contributed by atoms with E-state index in [0.29, 0.717) is 28.6 Å². The molecule has 0 aliphatic heterocycles. The summed E-state index contributed by atoms with van der Waals surface area (Å²) in [7, 11) is -3.65. The highest BCUT2D eigenvalue weighted by atomic mass is 32.2. The standard InChI is InChI=1S/C20H20N2O4S2/c1-3-26-15-11-9-14(10-12-15)22-20-19(28(2,24)25)16(21)18(27-20)17(23)13-7-5-4-6-8-13/h4-12,22H,3,21H2,1-2H3. The number of hydrogen-bond donors (Lipinski definition) is 2. The molecule has 0 radical (unpaired) electrons. The van der Waals surface area contributed by atoms with Crippen molar-refractivity contribution in [1.29, 1.82) is 0 Å². The molecule has 3 aromatic rings. The maximum Gasteiger partial charge on any atom is 0.205 e. The molecule has 0 bridgehead atoms. The van der Waals surface area contributed by atoms with Crippen LogP contribution in [-0.4, -0.2) is 27.1 Å². The topological polar surface area (TPSA) is 98.5 Å². The average Bonchev–Trinajstić information content (AvgIpc) is 3.00. The minimum Gasteiger partial charge on any atom is -0.494 e. The van der Waals surface area contributed by atoms with Crippen molar-refractivity contribution in [2.75, 3.05) is 23.9 Å². The Morgan fingerprint density at radius 1 is 1.11 bits per heavy atom. The monoisotopic (exact) mass is 416 g/mol. The SMILES string of the molecule is CCOc1ccc(Nc2sc(C(=O)c3ccccc3)c(N)c2S(C)(=O)=O)cc1. The van der Waals surface area contributed by atoms with Gasteiger partial charge in [0.2, 0.25) is 5.78 Å². The fourth-order valence-corrected chi connectivity index (χ4v) is 5.23. The van der Waals surface area contributed by atoms with Crippen molar-refractivity contribution in [2.24, 2.45) is 0 Å². The van der Waals surface area contributed by atoms with Gasteiger partial charge in [-0.25, -0.2) is 8.42 Å². The second kappa shape index (κ2) is 8.04. The third-order valence-electron chi connectivity index (χ3n) is 3.94. The lowest BCUT2D eigenvalue weighted by atomic mass is 10.1. The van der Waals surface area contributed by atoms with Gasteiger partial charge in [0.25, 0.3) is 0 Å². The highest BCUT2D eigenvalue weighted by molar-refractivity contribution is 7.91. The zero-order valence-electron chi connectivity index (χ0n) is 15.4. The van der Waals surface area contributed by atoms with Gasteiger partial charge in [-0.05, 0) is 31.2 Å². The van der Waals surface area contributed by atoms with Crippen LogP contribution in [-0.2, 0) is 9.84 Å². The molecule has 0 aliphatic carbocycles. The van der Waals surface area contributed by atoms with Crippen LogP contribution >= 0.6 is 11.3 Å². The highest BCUT2D eigenvalue weighted by Crippen LogP contribution is 2.41. The van der Waals surface area contributed by atoms with E-state index in [4.69, 9.17) is 10.5 Å². The van der Waals surface area contributed by atoms with E-state index in [0.717, 1.165) is 17.6 Å². The Balaban J connectivity index is 2.02. The minimum absolute atomic E-state index is 0.0326. The minimum atomic E-state index is -3.65. The summed E-state index contributed by atoms with van der Waals surface area (Å²) in [6, 6.07) is 15.7. The van der Waals surface area contributed by atoms with E-state index in [9.17, 15) is 13.2 Å². The summed E-state index contributed by atoms with van der Waals surface area (Å²) in [5.74, 6) is 0.398. The van der Waals surface area contributed by atoms with Crippen LogP contribution in [0.1, 0.15) is 22.2 Å². The summed E-state index contributed by atoms with van der Waals surface area (Å²) in [5, 5.41) is 3.38. The predicted octanol–water partition coefficient (Wildman–Crippen LogP) is 4.11. The molecular formula is C20H20N2O4S2. The number of anilines is 3. The number of nitrogens with two attached hydrogens (primary N) is 1. The lowest BCUT2D eigenvalue weighted by Crippen LogP contribution is -2.06. The highest BCUT2D eigenvalue weighted by Gasteiger charge is 2.27. The van der Waals surface area contributed by atoms with Crippen molar-refractivity contribution in [3.63, 3.8) is 0 Å². The first kappa shape index (κ1) is 19.9. The molecule has 28 heavy (non-hydrogen) atoms. The third kappa shape index (κ3) is 4.18. The Hall–Kier alpha value is -2.84. The van der Waals surface area contributed by atoms with Crippen molar-refractivity contribution in [2.45, 2.75) is 11.8 Å². The number of nitrogen functional groups attached to an aromatic ring is 1. The number of benzene rings is 2. The van der Waals surface area contributed by atoms with Crippen LogP contribution in [0.2, 0.25) is 0 Å². The van der Waals surface area contributed by atoms with E-state index in [1.807, 2.05) is 6.92 Å². The van der Waals surface area contributed by atoms with Crippen molar-refractivity contribution < 1.29 is 17.9 Å². The van der Waals surface area contributed by atoms with Crippen molar-refractivity contribution in [3.8, 4) is 5.75 Å². The van der Waals surface area contributed by atoms with Gasteiger partial charge in [0, 0.05) is 17.5 Å². The molecule has 1 heterocycles. The first-order valence-corrected chi connectivity index (χ1v) is 11.2. The van der Waals surface area contributed by atoms with E-state index in [1.54, 1.807) is 54.6 Å². The molecule has 0 aliphatic rings. The molecule has 1 aromatic heterocycles. The quantitative estimate of drug-likeness (QED) is 0.563. The lowest BCUT2D eigenvalue weighted by molar-refractivity contribution is 0.104. The average molecular weight is 417 g/mol. The molecule has 0 saturated heterocycles. The van der Waals surface area contributed by atoms with Gasteiger partial charge >= 0.3 is 0 Å². The molecule has 0 saturated carbocycles. The van der Waals surface area contributed by atoms with Crippen LogP contribution in [0.4, 0.5) is 16.4 Å². The van der Waals surface area contributed by atoms with Crippen molar-refractivity contribution >= 4 is 43.3 Å². The molecule has 0 unspecified atom stereocenters. The second-order valence-electron chi connectivity index (χ2n) is 6.05. The molecular weight excluding hydrogens is 396 g/mol. The lowest BCUT2D eigenvalue weighted by Gasteiger charge is -2.08. The Bertz CT molecular complexity index is 1090. The largest absolute Gasteiger partial charge is 0.494 e. The van der Waals surface area contributed by atoms with Crippen LogP contribution in [0, 0.1) is 0 Å². The fraction of sp³-hybridized carbons (Fsp3) is 0.150. The number of ether oxygens (including phenoxy) is 1. The van der Waals surface area contributed by atoms with Crippen molar-refractivity contribution in [3.05, 3.63) is 65.0 Å².